The number of ether oxygens (including phenoxy) is 3. The molecule has 1 aromatic rings. The van der Waals surface area contributed by atoms with E-state index < -0.39 is 23.6 Å². The summed E-state index contributed by atoms with van der Waals surface area (Å²) in [5.74, 6) is -0.362. The number of anilines is 1. The van der Waals surface area contributed by atoms with Gasteiger partial charge in [0.25, 0.3) is 0 Å². The van der Waals surface area contributed by atoms with Crippen molar-refractivity contribution in [2.75, 3.05) is 18.5 Å². The summed E-state index contributed by atoms with van der Waals surface area (Å²) >= 11 is 0. The van der Waals surface area contributed by atoms with Crippen LogP contribution in [-0.4, -0.2) is 48.6 Å². The first-order valence-electron chi connectivity index (χ1n) is 11.8. The number of benzene rings is 1. The monoisotopic (exact) mass is 459 g/mol. The molecular formula is C25H33NO7. The zero-order valence-corrected chi connectivity index (χ0v) is 19.5. The lowest BCUT2D eigenvalue weighted by Gasteiger charge is -2.59. The molecule has 33 heavy (non-hydrogen) atoms. The number of amides is 1. The standard InChI is InChI=1S/C25H33NO7/c1-4-31-22(29)15-6-5-7-16(12-15)26-23(30)33-20-10-11-24(2)17-13-21(28)32-18(17)8-9-19(24)25(20,3)14-27/h5-7,12,17-20,27H,4,8-11,13-14H2,1-3H3,(H,26,30)/t17-,18-,19?,20-,24+,25+/m1/s1. The fourth-order valence-corrected chi connectivity index (χ4v) is 6.51. The van der Waals surface area contributed by atoms with E-state index in [-0.39, 0.29) is 42.5 Å². The van der Waals surface area contributed by atoms with Gasteiger partial charge in [-0.25, -0.2) is 9.59 Å². The van der Waals surface area contributed by atoms with Crippen LogP contribution in [0.1, 0.15) is 63.2 Å². The second-order valence-electron chi connectivity index (χ2n) is 10.00. The van der Waals surface area contributed by atoms with Crippen molar-refractivity contribution in [1.29, 1.82) is 0 Å². The summed E-state index contributed by atoms with van der Waals surface area (Å²) in [6, 6.07) is 6.49. The Hall–Kier alpha value is -2.61. The van der Waals surface area contributed by atoms with Crippen molar-refractivity contribution in [2.45, 2.75) is 65.1 Å². The second kappa shape index (κ2) is 8.97. The summed E-state index contributed by atoms with van der Waals surface area (Å²) in [4.78, 5) is 36.7. The number of esters is 2. The summed E-state index contributed by atoms with van der Waals surface area (Å²) < 4.78 is 16.4. The summed E-state index contributed by atoms with van der Waals surface area (Å²) in [6.07, 6.45) is 2.24. The molecule has 2 aliphatic carbocycles. The van der Waals surface area contributed by atoms with Gasteiger partial charge in [0.05, 0.1) is 25.2 Å². The lowest BCUT2D eigenvalue weighted by Crippen LogP contribution is -2.59. The molecule has 180 valence electrons. The van der Waals surface area contributed by atoms with Gasteiger partial charge in [-0.2, -0.15) is 0 Å². The van der Waals surface area contributed by atoms with Crippen LogP contribution >= 0.6 is 0 Å². The number of fused-ring (bicyclic) bond motifs is 3. The minimum atomic E-state index is -0.631. The fourth-order valence-electron chi connectivity index (χ4n) is 6.51. The Bertz CT molecular complexity index is 933. The number of aliphatic hydroxyl groups excluding tert-OH is 1. The summed E-state index contributed by atoms with van der Waals surface area (Å²) in [5.41, 5.74) is -0.0164. The average molecular weight is 460 g/mol. The van der Waals surface area contributed by atoms with Crippen LogP contribution in [0.3, 0.4) is 0 Å². The van der Waals surface area contributed by atoms with Crippen molar-refractivity contribution in [1.82, 2.24) is 0 Å². The third kappa shape index (κ3) is 4.21. The molecule has 6 atom stereocenters. The molecule has 1 aliphatic heterocycles. The van der Waals surface area contributed by atoms with E-state index in [0.29, 0.717) is 24.1 Å². The molecule has 4 rings (SSSR count). The minimum absolute atomic E-state index is 0.0471. The highest BCUT2D eigenvalue weighted by Gasteiger charge is 2.62. The van der Waals surface area contributed by atoms with Crippen LogP contribution in [0.15, 0.2) is 24.3 Å². The maximum atomic E-state index is 12.8. The van der Waals surface area contributed by atoms with Gasteiger partial charge in [0.15, 0.2) is 0 Å². The van der Waals surface area contributed by atoms with Crippen LogP contribution in [0.2, 0.25) is 0 Å². The van der Waals surface area contributed by atoms with Crippen LogP contribution < -0.4 is 5.32 Å². The molecule has 8 nitrogen and oxygen atoms in total. The first kappa shape index (κ1) is 23.5. The molecule has 1 aromatic carbocycles. The van der Waals surface area contributed by atoms with Gasteiger partial charge in [-0.15, -0.1) is 0 Å². The topological polar surface area (TPSA) is 111 Å². The minimum Gasteiger partial charge on any atom is -0.462 e. The van der Waals surface area contributed by atoms with Crippen LogP contribution in [-0.2, 0) is 19.0 Å². The fraction of sp³-hybridized carbons (Fsp3) is 0.640. The second-order valence-corrected chi connectivity index (χ2v) is 10.00. The Labute approximate surface area is 194 Å². The maximum absolute atomic E-state index is 12.8. The van der Waals surface area contributed by atoms with Crippen molar-refractivity contribution >= 4 is 23.7 Å². The molecule has 1 heterocycles. The van der Waals surface area contributed by atoms with E-state index in [1.165, 1.54) is 0 Å². The summed E-state index contributed by atoms with van der Waals surface area (Å²) in [6.45, 7) is 6.06. The predicted molar refractivity (Wildman–Crippen MR) is 120 cm³/mol. The van der Waals surface area contributed by atoms with Gasteiger partial charge >= 0.3 is 18.0 Å². The number of nitrogens with one attached hydrogen (secondary N) is 1. The van der Waals surface area contributed by atoms with Crippen molar-refractivity contribution in [2.24, 2.45) is 22.7 Å². The number of hydrogen-bond acceptors (Lipinski definition) is 7. The Kier molecular flexibility index (Phi) is 6.40. The number of aliphatic hydroxyl groups is 1. The van der Waals surface area contributed by atoms with E-state index in [9.17, 15) is 19.5 Å². The molecule has 1 amide bonds. The Morgan fingerprint density at radius 3 is 2.76 bits per heavy atom. The zero-order chi connectivity index (χ0) is 23.8. The van der Waals surface area contributed by atoms with Crippen LogP contribution in [0.25, 0.3) is 0 Å². The van der Waals surface area contributed by atoms with Gasteiger partial charge in [0.2, 0.25) is 0 Å². The molecule has 0 bridgehead atoms. The lowest BCUT2D eigenvalue weighted by molar-refractivity contribution is -0.174. The van der Waals surface area contributed by atoms with Crippen LogP contribution in [0, 0.1) is 22.7 Å². The quantitative estimate of drug-likeness (QED) is 0.507. The van der Waals surface area contributed by atoms with Gasteiger partial charge in [-0.1, -0.05) is 19.9 Å². The van der Waals surface area contributed by atoms with Gasteiger partial charge in [-0.3, -0.25) is 10.1 Å². The normalized spacial score (nSPS) is 35.1. The molecule has 2 saturated carbocycles. The molecule has 1 saturated heterocycles. The average Bonchev–Trinajstić information content (AvgIpc) is 3.18. The molecular weight excluding hydrogens is 426 g/mol. The highest BCUT2D eigenvalue weighted by molar-refractivity contribution is 5.92. The van der Waals surface area contributed by atoms with Gasteiger partial charge in [-0.05, 0) is 62.1 Å². The van der Waals surface area contributed by atoms with Crippen molar-refractivity contribution < 1.29 is 33.7 Å². The smallest absolute Gasteiger partial charge is 0.411 e. The van der Waals surface area contributed by atoms with E-state index in [1.54, 1.807) is 31.2 Å². The number of carbonyl (C=O) groups is 3. The third-order valence-corrected chi connectivity index (χ3v) is 8.19. The van der Waals surface area contributed by atoms with Gasteiger partial charge in [0.1, 0.15) is 12.2 Å². The van der Waals surface area contributed by atoms with Crippen molar-refractivity contribution in [3.63, 3.8) is 0 Å². The molecule has 8 heteroatoms. The molecule has 3 aliphatic rings. The molecule has 0 aromatic heterocycles. The Morgan fingerprint density at radius 2 is 2.03 bits per heavy atom. The molecule has 3 fully saturated rings. The van der Waals surface area contributed by atoms with Crippen molar-refractivity contribution in [3.05, 3.63) is 29.8 Å². The molecule has 1 unspecified atom stereocenters. The highest BCUT2D eigenvalue weighted by Crippen LogP contribution is 2.62. The van der Waals surface area contributed by atoms with E-state index >= 15 is 0 Å². The summed E-state index contributed by atoms with van der Waals surface area (Å²) in [5, 5.41) is 13.2. The Morgan fingerprint density at radius 1 is 1.24 bits per heavy atom. The van der Waals surface area contributed by atoms with E-state index in [2.05, 4.69) is 12.2 Å². The van der Waals surface area contributed by atoms with Crippen LogP contribution in [0.5, 0.6) is 0 Å². The highest BCUT2D eigenvalue weighted by atomic mass is 16.6. The number of hydrogen-bond donors (Lipinski definition) is 2. The van der Waals surface area contributed by atoms with E-state index in [0.717, 1.165) is 19.3 Å². The van der Waals surface area contributed by atoms with Crippen LogP contribution in [0.4, 0.5) is 10.5 Å². The van der Waals surface area contributed by atoms with Crippen molar-refractivity contribution in [3.8, 4) is 0 Å². The number of rotatable bonds is 5. The largest absolute Gasteiger partial charge is 0.462 e. The van der Waals surface area contributed by atoms with E-state index in [1.807, 2.05) is 6.92 Å². The zero-order valence-electron chi connectivity index (χ0n) is 19.5. The Balaban J connectivity index is 1.47. The molecule has 0 radical (unpaired) electrons. The van der Waals surface area contributed by atoms with Gasteiger partial charge < -0.3 is 19.3 Å². The number of carbonyl (C=O) groups excluding carboxylic acids is 3. The maximum Gasteiger partial charge on any atom is 0.411 e. The van der Waals surface area contributed by atoms with Gasteiger partial charge in [0, 0.05) is 17.0 Å². The first-order valence-corrected chi connectivity index (χ1v) is 11.8. The SMILES string of the molecule is CCOC(=O)c1cccc(NC(=O)O[C@@H]2CC[C@]3(C)C(CC[C@H]4OC(=O)C[C@H]43)[C@]2(C)CO)c1. The van der Waals surface area contributed by atoms with E-state index in [4.69, 9.17) is 14.2 Å². The molecule has 2 N–H and O–H groups in total. The summed E-state index contributed by atoms with van der Waals surface area (Å²) in [7, 11) is 0. The first-order chi connectivity index (χ1) is 15.7. The third-order valence-electron chi connectivity index (χ3n) is 8.19. The predicted octanol–water partition coefficient (Wildman–Crippen LogP) is 3.92. The lowest BCUT2D eigenvalue weighted by atomic mass is 9.46. The molecule has 0 spiro atoms.